The molecule has 6 heteroatoms. The maximum Gasteiger partial charge on any atom is 0.325 e. The minimum atomic E-state index is -1.07. The van der Waals surface area contributed by atoms with E-state index in [4.69, 9.17) is 11.2 Å². The van der Waals surface area contributed by atoms with E-state index >= 15 is 0 Å². The van der Waals surface area contributed by atoms with E-state index in [1.54, 1.807) is 40.7 Å². The summed E-state index contributed by atoms with van der Waals surface area (Å²) < 4.78 is 9.58. The van der Waals surface area contributed by atoms with Gasteiger partial charge in [-0.15, -0.1) is 0 Å². The first-order chi connectivity index (χ1) is 10.5. The Kier molecular flexibility index (Phi) is 7.81. The normalized spacial score (nSPS) is 15.0. The average molecular weight is 326 g/mol. The second-order valence-corrected chi connectivity index (χ2v) is 6.47. The maximum atomic E-state index is 12.1. The van der Waals surface area contributed by atoms with Crippen LogP contribution < -0.4 is 0 Å². The lowest BCUT2D eigenvalue weighted by molar-refractivity contribution is -0.158. The highest BCUT2D eigenvalue weighted by Crippen LogP contribution is 2.37. The first kappa shape index (κ1) is 21.0. The Morgan fingerprint density at radius 3 is 2.09 bits per heavy atom. The number of esters is 2. The van der Waals surface area contributed by atoms with Gasteiger partial charge in [-0.3, -0.25) is 14.4 Å². The molecule has 0 radical (unpaired) electrons. The van der Waals surface area contributed by atoms with Gasteiger partial charge in [0.2, 0.25) is 0 Å². The Labute approximate surface area is 137 Å². The predicted molar refractivity (Wildman–Crippen MR) is 84.1 cm³/mol. The summed E-state index contributed by atoms with van der Waals surface area (Å²) in [6, 6.07) is 0. The number of hydrogen-bond acceptors (Lipinski definition) is 5. The third kappa shape index (κ3) is 5.93. The second kappa shape index (κ2) is 8.56. The van der Waals surface area contributed by atoms with E-state index in [1.807, 2.05) is 0 Å². The smallest absolute Gasteiger partial charge is 0.325 e. The lowest BCUT2D eigenvalue weighted by Gasteiger charge is -2.31. The highest BCUT2D eigenvalue weighted by Gasteiger charge is 2.42. The predicted octanol–water partition coefficient (Wildman–Crippen LogP) is 2.61. The SMILES string of the molecule is C#COC(=O)C(C)(C)CC(CC(C)(CC)C(=O)OCC)C(=O)O. The number of rotatable bonds is 9. The molecule has 0 aromatic rings. The van der Waals surface area contributed by atoms with Gasteiger partial charge < -0.3 is 14.6 Å². The van der Waals surface area contributed by atoms with Gasteiger partial charge >= 0.3 is 17.9 Å². The van der Waals surface area contributed by atoms with Crippen LogP contribution in [0, 0.1) is 29.3 Å². The van der Waals surface area contributed by atoms with Crippen LogP contribution >= 0.6 is 0 Å². The van der Waals surface area contributed by atoms with E-state index in [1.165, 1.54) is 0 Å². The minimum absolute atomic E-state index is 0.0117. The van der Waals surface area contributed by atoms with Crippen LogP contribution in [0.1, 0.15) is 53.9 Å². The van der Waals surface area contributed by atoms with Gasteiger partial charge in [-0.05, 0) is 47.0 Å². The summed E-state index contributed by atoms with van der Waals surface area (Å²) in [6.07, 6.45) is 7.26. The van der Waals surface area contributed by atoms with Gasteiger partial charge in [-0.25, -0.2) is 0 Å². The monoisotopic (exact) mass is 326 g/mol. The molecule has 2 atom stereocenters. The maximum absolute atomic E-state index is 12.1. The van der Waals surface area contributed by atoms with Gasteiger partial charge in [-0.1, -0.05) is 13.3 Å². The molecule has 23 heavy (non-hydrogen) atoms. The van der Waals surface area contributed by atoms with Gasteiger partial charge in [0, 0.05) is 0 Å². The third-order valence-electron chi connectivity index (χ3n) is 4.06. The molecule has 0 aliphatic carbocycles. The van der Waals surface area contributed by atoms with E-state index < -0.39 is 34.7 Å². The molecule has 1 N–H and O–H groups in total. The molecule has 0 aliphatic heterocycles. The van der Waals surface area contributed by atoms with Gasteiger partial charge in [0.05, 0.1) is 23.4 Å². The Morgan fingerprint density at radius 1 is 1.13 bits per heavy atom. The van der Waals surface area contributed by atoms with Crippen molar-refractivity contribution in [2.45, 2.75) is 53.9 Å². The van der Waals surface area contributed by atoms with Gasteiger partial charge in [-0.2, -0.15) is 0 Å². The van der Waals surface area contributed by atoms with Crippen molar-refractivity contribution in [1.29, 1.82) is 0 Å². The molecular weight excluding hydrogens is 300 g/mol. The van der Waals surface area contributed by atoms with Crippen molar-refractivity contribution in [3.8, 4) is 12.5 Å². The summed E-state index contributed by atoms with van der Waals surface area (Å²) in [5, 5.41) is 9.47. The Morgan fingerprint density at radius 2 is 1.70 bits per heavy atom. The molecule has 0 aromatic heterocycles. The standard InChI is InChI=1S/C17H26O6/c1-7-17(6,15(21)23-9-3)11-12(13(18)19)10-16(4,5)14(20)22-8-2/h2,12H,7,9-11H2,1,3-6H3,(H,18,19). The zero-order chi connectivity index (χ0) is 18.3. The average Bonchev–Trinajstić information content (AvgIpc) is 2.46. The number of carboxylic acid groups (broad SMARTS) is 1. The summed E-state index contributed by atoms with van der Waals surface area (Å²) in [7, 11) is 0. The van der Waals surface area contributed by atoms with Crippen molar-refractivity contribution < 1.29 is 29.0 Å². The highest BCUT2D eigenvalue weighted by molar-refractivity contribution is 5.80. The number of carboxylic acids is 1. The van der Waals surface area contributed by atoms with Crippen LogP contribution in [0.2, 0.25) is 0 Å². The van der Waals surface area contributed by atoms with Crippen molar-refractivity contribution in [2.24, 2.45) is 16.7 Å². The van der Waals surface area contributed by atoms with Crippen LogP contribution in [0.5, 0.6) is 0 Å². The molecule has 0 rings (SSSR count). The summed E-state index contributed by atoms with van der Waals surface area (Å²) in [5.41, 5.74) is -2.00. The molecule has 0 fully saturated rings. The van der Waals surface area contributed by atoms with Crippen molar-refractivity contribution in [1.82, 2.24) is 0 Å². The fourth-order valence-corrected chi connectivity index (χ4v) is 2.36. The third-order valence-corrected chi connectivity index (χ3v) is 4.06. The quantitative estimate of drug-likeness (QED) is 0.517. The summed E-state index contributed by atoms with van der Waals surface area (Å²) >= 11 is 0. The zero-order valence-corrected chi connectivity index (χ0v) is 14.5. The summed E-state index contributed by atoms with van der Waals surface area (Å²) in [4.78, 5) is 35.6. The topological polar surface area (TPSA) is 89.9 Å². The summed E-state index contributed by atoms with van der Waals surface area (Å²) in [5.74, 6) is -3.07. The van der Waals surface area contributed by atoms with Crippen molar-refractivity contribution in [2.75, 3.05) is 6.61 Å². The summed E-state index contributed by atoms with van der Waals surface area (Å²) in [6.45, 7) is 8.53. The molecule has 0 bridgehead atoms. The van der Waals surface area contributed by atoms with Gasteiger partial charge in [0.15, 0.2) is 0 Å². The second-order valence-electron chi connectivity index (χ2n) is 6.47. The fourth-order valence-electron chi connectivity index (χ4n) is 2.36. The number of carbonyl (C=O) groups excluding carboxylic acids is 2. The Bertz CT molecular complexity index is 488. The molecule has 0 aliphatic rings. The van der Waals surface area contributed by atoms with E-state index in [2.05, 4.69) is 4.74 Å². The van der Waals surface area contributed by atoms with Crippen LogP contribution in [-0.4, -0.2) is 29.6 Å². The molecule has 6 nitrogen and oxygen atoms in total. The highest BCUT2D eigenvalue weighted by atomic mass is 16.5. The first-order valence-electron chi connectivity index (χ1n) is 7.61. The zero-order valence-electron chi connectivity index (χ0n) is 14.5. The molecule has 2 unspecified atom stereocenters. The van der Waals surface area contributed by atoms with Crippen molar-refractivity contribution >= 4 is 17.9 Å². The molecule has 0 heterocycles. The van der Waals surface area contributed by atoms with E-state index in [9.17, 15) is 19.5 Å². The molecular formula is C17H26O6. The largest absolute Gasteiger partial charge is 0.481 e. The number of aliphatic carboxylic acids is 1. The van der Waals surface area contributed by atoms with Crippen LogP contribution in [-0.2, 0) is 23.9 Å². The molecule has 0 saturated carbocycles. The van der Waals surface area contributed by atoms with Crippen molar-refractivity contribution in [3.05, 3.63) is 0 Å². The van der Waals surface area contributed by atoms with Gasteiger partial charge in [0.1, 0.15) is 6.11 Å². The number of hydrogen-bond donors (Lipinski definition) is 1. The fraction of sp³-hybridized carbons (Fsp3) is 0.706. The lowest BCUT2D eigenvalue weighted by atomic mass is 9.73. The number of ether oxygens (including phenoxy) is 2. The van der Waals surface area contributed by atoms with Crippen LogP contribution in [0.25, 0.3) is 0 Å². The molecule has 0 aromatic carbocycles. The number of carbonyl (C=O) groups is 3. The first-order valence-corrected chi connectivity index (χ1v) is 7.61. The van der Waals surface area contributed by atoms with Crippen LogP contribution in [0.4, 0.5) is 0 Å². The van der Waals surface area contributed by atoms with E-state index in [-0.39, 0.29) is 19.4 Å². The minimum Gasteiger partial charge on any atom is -0.481 e. The van der Waals surface area contributed by atoms with E-state index in [0.717, 1.165) is 0 Å². The van der Waals surface area contributed by atoms with Gasteiger partial charge in [0.25, 0.3) is 0 Å². The lowest BCUT2D eigenvalue weighted by Crippen LogP contribution is -2.37. The van der Waals surface area contributed by atoms with Crippen LogP contribution in [0.3, 0.4) is 0 Å². The Hall–Kier alpha value is -2.03. The van der Waals surface area contributed by atoms with Crippen LogP contribution in [0.15, 0.2) is 0 Å². The van der Waals surface area contributed by atoms with Crippen molar-refractivity contribution in [3.63, 3.8) is 0 Å². The molecule has 0 saturated heterocycles. The Balaban J connectivity index is 5.28. The van der Waals surface area contributed by atoms with E-state index in [0.29, 0.717) is 6.42 Å². The molecule has 130 valence electrons. The molecule has 0 spiro atoms. The molecule has 0 amide bonds. The number of terminal acetylenes is 1.